The zero-order valence-electron chi connectivity index (χ0n) is 39.1. The van der Waals surface area contributed by atoms with E-state index in [0.717, 1.165) is 44.6 Å². The van der Waals surface area contributed by atoms with Crippen LogP contribution < -0.4 is 0 Å². The number of fused-ring (bicyclic) bond motifs is 1. The van der Waals surface area contributed by atoms with Gasteiger partial charge in [-0.2, -0.15) is 0 Å². The number of aromatic nitrogens is 5. The van der Waals surface area contributed by atoms with Crippen LogP contribution in [0.2, 0.25) is 0 Å². The third kappa shape index (κ3) is 11.8. The Morgan fingerprint density at radius 2 is 0.879 bits per heavy atom. The van der Waals surface area contributed by atoms with Crippen LogP contribution in [0.3, 0.4) is 0 Å². The van der Waals surface area contributed by atoms with Gasteiger partial charge in [0, 0.05) is 69.3 Å². The van der Waals surface area contributed by atoms with E-state index in [-0.39, 0.29) is 56.5 Å². The molecule has 0 amide bonds. The van der Waals surface area contributed by atoms with E-state index in [1.54, 1.807) is 0 Å². The van der Waals surface area contributed by atoms with Gasteiger partial charge < -0.3 is 9.97 Å². The molecule has 336 valence electrons. The maximum absolute atomic E-state index is 4.90. The van der Waals surface area contributed by atoms with Crippen LogP contribution in [-0.2, 0) is 56.5 Å². The second kappa shape index (κ2) is 20.8. The minimum atomic E-state index is 0. The molecule has 0 saturated carbocycles. The first-order chi connectivity index (χ1) is 30.6. The van der Waals surface area contributed by atoms with Crippen molar-refractivity contribution in [3.8, 4) is 67.8 Å². The van der Waals surface area contributed by atoms with Crippen LogP contribution in [-0.4, -0.2) is 24.9 Å². The standard InChI is InChI=1S/C34H33N4.C25H22N.2Ir/c1-33(2,3)27-17-12-24(13-18-27)30-36-31(25-14-19-28(20-15-25)34(4,5)6)38-32(37-30)26-16-21-29(35-22-26)23-10-8-7-9-11-23;1-25(2,3)22-13-11-18(12-14-22)20-8-6-9-21(17-20)24-23-10-5-4-7-19(23)15-16-26-24;;/h7-10,12-22H,1-6H3;4-8,10-17H,1-3H3;;/q2*-1;;. The van der Waals surface area contributed by atoms with Gasteiger partial charge in [0.25, 0.3) is 0 Å². The van der Waals surface area contributed by atoms with E-state index in [4.69, 9.17) is 15.0 Å². The largest absolute Gasteiger partial charge is 0.304 e. The molecule has 9 aromatic rings. The maximum Gasteiger partial charge on any atom is 0.165 e. The van der Waals surface area contributed by atoms with Crippen molar-refractivity contribution in [3.05, 3.63) is 199 Å². The molecule has 66 heavy (non-hydrogen) atoms. The summed E-state index contributed by atoms with van der Waals surface area (Å²) in [5, 5.41) is 2.36. The van der Waals surface area contributed by atoms with Crippen LogP contribution in [0.1, 0.15) is 79.0 Å². The van der Waals surface area contributed by atoms with Gasteiger partial charge in [-0.15, -0.1) is 71.3 Å². The van der Waals surface area contributed by atoms with E-state index >= 15 is 0 Å². The molecule has 3 heterocycles. The average Bonchev–Trinajstić information content (AvgIpc) is 3.31. The van der Waals surface area contributed by atoms with Gasteiger partial charge >= 0.3 is 0 Å². The van der Waals surface area contributed by atoms with Gasteiger partial charge in [-0.3, -0.25) is 0 Å². The quantitative estimate of drug-likeness (QED) is 0.155. The topological polar surface area (TPSA) is 64.5 Å². The summed E-state index contributed by atoms with van der Waals surface area (Å²) in [7, 11) is 0. The summed E-state index contributed by atoms with van der Waals surface area (Å²) in [6.07, 6.45) is 3.70. The molecule has 0 aliphatic carbocycles. The van der Waals surface area contributed by atoms with Crippen molar-refractivity contribution in [2.75, 3.05) is 0 Å². The SMILES string of the molecule is CC(C)(C)c1ccc(-c2cc[c-]c(-c3nccc4ccccc34)c2)cc1.CC(C)(C)c1ccc(-c2nc(-c3ccc(C(C)(C)C)cc3)nc(-c3ccc(-c4[c-]cccc4)nc3)n2)cc1.[Ir].[Ir]. The molecule has 0 unspecified atom stereocenters. The van der Waals surface area contributed by atoms with Crippen LogP contribution >= 0.6 is 0 Å². The molecule has 0 atom stereocenters. The Balaban J connectivity index is 0.000000226. The maximum atomic E-state index is 4.90. The van der Waals surface area contributed by atoms with E-state index in [9.17, 15) is 0 Å². The smallest absolute Gasteiger partial charge is 0.165 e. The normalized spacial score (nSPS) is 11.5. The molecular weight excluding hydrogens is 1160 g/mol. The molecule has 0 spiro atoms. The molecule has 9 rings (SSSR count). The van der Waals surface area contributed by atoms with Gasteiger partial charge in [-0.1, -0.05) is 172 Å². The Morgan fingerprint density at radius 1 is 0.394 bits per heavy atom. The number of hydrogen-bond donors (Lipinski definition) is 0. The fourth-order valence-electron chi connectivity index (χ4n) is 7.52. The van der Waals surface area contributed by atoms with Crippen LogP contribution in [0.25, 0.3) is 78.6 Å². The van der Waals surface area contributed by atoms with E-state index in [1.165, 1.54) is 33.2 Å². The van der Waals surface area contributed by atoms with E-state index in [2.05, 4.69) is 194 Å². The Hall–Kier alpha value is -5.81. The molecule has 2 radical (unpaired) electrons. The van der Waals surface area contributed by atoms with Crippen molar-refractivity contribution < 1.29 is 40.2 Å². The van der Waals surface area contributed by atoms with Crippen molar-refractivity contribution >= 4 is 10.8 Å². The minimum Gasteiger partial charge on any atom is -0.304 e. The fourth-order valence-corrected chi connectivity index (χ4v) is 7.52. The molecule has 0 aliphatic rings. The Morgan fingerprint density at radius 3 is 1.38 bits per heavy atom. The molecule has 0 aliphatic heterocycles. The summed E-state index contributed by atoms with van der Waals surface area (Å²) >= 11 is 0. The average molecular weight is 1220 g/mol. The molecule has 6 aromatic carbocycles. The Labute approximate surface area is 418 Å². The van der Waals surface area contributed by atoms with Gasteiger partial charge in [0.1, 0.15) is 0 Å². The van der Waals surface area contributed by atoms with E-state index < -0.39 is 0 Å². The first-order valence-corrected chi connectivity index (χ1v) is 22.0. The zero-order valence-corrected chi connectivity index (χ0v) is 43.9. The number of nitrogens with zero attached hydrogens (tertiary/aromatic N) is 5. The number of benzene rings is 6. The second-order valence-electron chi connectivity index (χ2n) is 19.4. The zero-order chi connectivity index (χ0) is 45.1. The molecule has 0 bridgehead atoms. The van der Waals surface area contributed by atoms with E-state index in [1.807, 2.05) is 60.9 Å². The van der Waals surface area contributed by atoms with Crippen molar-refractivity contribution in [3.63, 3.8) is 0 Å². The number of pyridine rings is 2. The minimum absolute atomic E-state index is 0. The van der Waals surface area contributed by atoms with Crippen LogP contribution in [0.5, 0.6) is 0 Å². The summed E-state index contributed by atoms with van der Waals surface area (Å²) in [6.45, 7) is 20.0. The molecule has 0 saturated heterocycles. The van der Waals surface area contributed by atoms with Gasteiger partial charge in [-0.25, -0.2) is 15.0 Å². The number of hydrogen-bond acceptors (Lipinski definition) is 5. The third-order valence-corrected chi connectivity index (χ3v) is 11.5. The Kier molecular flexibility index (Phi) is 15.6. The summed E-state index contributed by atoms with van der Waals surface area (Å²) < 4.78 is 0. The summed E-state index contributed by atoms with van der Waals surface area (Å²) in [4.78, 5) is 24.0. The van der Waals surface area contributed by atoms with Gasteiger partial charge in [-0.05, 0) is 66.7 Å². The van der Waals surface area contributed by atoms with Gasteiger partial charge in [0.15, 0.2) is 17.5 Å². The molecular formula is C59H55Ir2N5-2. The molecule has 5 nitrogen and oxygen atoms in total. The molecule has 0 N–H and O–H groups in total. The Bertz CT molecular complexity index is 2920. The summed E-state index contributed by atoms with van der Waals surface area (Å²) in [5.74, 6) is 1.89. The van der Waals surface area contributed by atoms with Crippen molar-refractivity contribution in [1.82, 2.24) is 24.9 Å². The summed E-state index contributed by atoms with van der Waals surface area (Å²) in [5.41, 5.74) is 13.2. The van der Waals surface area contributed by atoms with Crippen molar-refractivity contribution in [1.29, 1.82) is 0 Å². The molecule has 3 aromatic heterocycles. The first-order valence-electron chi connectivity index (χ1n) is 22.0. The van der Waals surface area contributed by atoms with Crippen molar-refractivity contribution in [2.45, 2.75) is 78.6 Å². The first kappa shape index (κ1) is 49.6. The monoisotopic (exact) mass is 1220 g/mol. The predicted molar refractivity (Wildman–Crippen MR) is 266 cm³/mol. The third-order valence-electron chi connectivity index (χ3n) is 11.5. The number of rotatable bonds is 6. The predicted octanol–water partition coefficient (Wildman–Crippen LogP) is 15.0. The molecule has 7 heteroatoms. The van der Waals surface area contributed by atoms with Gasteiger partial charge in [0.2, 0.25) is 0 Å². The van der Waals surface area contributed by atoms with Crippen molar-refractivity contribution in [2.24, 2.45) is 0 Å². The van der Waals surface area contributed by atoms with Crippen LogP contribution in [0.4, 0.5) is 0 Å². The van der Waals surface area contributed by atoms with E-state index in [0.29, 0.717) is 17.5 Å². The van der Waals surface area contributed by atoms with Gasteiger partial charge in [0.05, 0.1) is 0 Å². The van der Waals surface area contributed by atoms with Crippen LogP contribution in [0, 0.1) is 12.1 Å². The second-order valence-corrected chi connectivity index (χ2v) is 19.4. The summed E-state index contributed by atoms with van der Waals surface area (Å²) in [6, 6.07) is 61.0. The van der Waals surface area contributed by atoms with Crippen LogP contribution in [0.15, 0.2) is 170 Å². The molecule has 0 fully saturated rings. The fraction of sp³-hybridized carbons (Fsp3) is 0.203.